The summed E-state index contributed by atoms with van der Waals surface area (Å²) in [5.74, 6) is 0. The number of nitrogens with one attached hydrogen (secondary N) is 1. The zero-order valence-electron chi connectivity index (χ0n) is 20.2. The van der Waals surface area contributed by atoms with E-state index in [1.54, 1.807) is 0 Å². The molecule has 31 heavy (non-hydrogen) atoms. The molecule has 4 heteroatoms. The number of fused-ring (bicyclic) bond motifs is 1. The highest BCUT2D eigenvalue weighted by atomic mass is 32.1. The molecule has 3 rings (SSSR count). The van der Waals surface area contributed by atoms with Gasteiger partial charge in [-0.1, -0.05) is 43.7 Å². The molecule has 0 bridgehead atoms. The largest absolute Gasteiger partial charge is 0.371 e. The summed E-state index contributed by atoms with van der Waals surface area (Å²) < 4.78 is 0. The Bertz CT molecular complexity index is 898. The molecule has 2 aromatic carbocycles. The minimum Gasteiger partial charge on any atom is -0.371 e. The molecule has 1 heterocycles. The third-order valence-corrected chi connectivity index (χ3v) is 6.83. The lowest BCUT2D eigenvalue weighted by Crippen LogP contribution is -2.40. The lowest BCUT2D eigenvalue weighted by molar-refractivity contribution is 0.319. The number of anilines is 2. The Balaban J connectivity index is 1.81. The van der Waals surface area contributed by atoms with Gasteiger partial charge < -0.3 is 15.1 Å². The second kappa shape index (κ2) is 10.5. The molecule has 0 radical (unpaired) electrons. The Morgan fingerprint density at radius 3 is 2.48 bits per heavy atom. The van der Waals surface area contributed by atoms with Gasteiger partial charge in [0.15, 0.2) is 5.11 Å². The fourth-order valence-electron chi connectivity index (χ4n) is 4.73. The summed E-state index contributed by atoms with van der Waals surface area (Å²) in [5, 5.41) is 4.39. The molecular weight excluding hydrogens is 398 g/mol. The number of hydrogen-bond donors (Lipinski definition) is 1. The van der Waals surface area contributed by atoms with E-state index in [1.807, 2.05) is 0 Å². The Morgan fingerprint density at radius 2 is 1.84 bits per heavy atom. The highest BCUT2D eigenvalue weighted by molar-refractivity contribution is 7.80. The number of aryl methyl sites for hydroxylation is 4. The zero-order chi connectivity index (χ0) is 22.5. The Morgan fingerprint density at radius 1 is 1.13 bits per heavy atom. The van der Waals surface area contributed by atoms with E-state index in [4.69, 9.17) is 12.2 Å². The van der Waals surface area contributed by atoms with Crippen LogP contribution >= 0.6 is 12.2 Å². The van der Waals surface area contributed by atoms with Gasteiger partial charge in [0.1, 0.15) is 0 Å². The van der Waals surface area contributed by atoms with E-state index in [0.29, 0.717) is 6.04 Å². The van der Waals surface area contributed by atoms with Crippen molar-refractivity contribution in [2.24, 2.45) is 0 Å². The smallest absolute Gasteiger partial charge is 0.173 e. The molecule has 0 saturated heterocycles. The van der Waals surface area contributed by atoms with Crippen molar-refractivity contribution in [2.75, 3.05) is 23.3 Å². The van der Waals surface area contributed by atoms with Gasteiger partial charge in [-0.25, -0.2) is 0 Å². The van der Waals surface area contributed by atoms with E-state index in [-0.39, 0.29) is 0 Å². The van der Waals surface area contributed by atoms with Crippen LogP contribution in [-0.2, 0) is 13.0 Å². The highest BCUT2D eigenvalue weighted by Crippen LogP contribution is 2.29. The van der Waals surface area contributed by atoms with Crippen molar-refractivity contribution in [1.82, 2.24) is 4.90 Å². The van der Waals surface area contributed by atoms with E-state index in [2.05, 4.69) is 87.0 Å². The summed E-state index contributed by atoms with van der Waals surface area (Å²) in [4.78, 5) is 4.90. The third kappa shape index (κ3) is 5.60. The molecule has 168 valence electrons. The van der Waals surface area contributed by atoms with Crippen molar-refractivity contribution >= 4 is 28.7 Å². The molecule has 3 nitrogen and oxygen atoms in total. The number of benzene rings is 2. The van der Waals surface area contributed by atoms with E-state index in [9.17, 15) is 0 Å². The maximum Gasteiger partial charge on any atom is 0.173 e. The van der Waals surface area contributed by atoms with Crippen molar-refractivity contribution in [3.05, 3.63) is 58.1 Å². The lowest BCUT2D eigenvalue weighted by atomic mass is 9.98. The molecule has 1 aliphatic rings. The van der Waals surface area contributed by atoms with Crippen LogP contribution in [0.4, 0.5) is 11.4 Å². The van der Waals surface area contributed by atoms with Gasteiger partial charge in [0.05, 0.1) is 0 Å². The Hall–Kier alpha value is -2.07. The highest BCUT2D eigenvalue weighted by Gasteiger charge is 2.20. The molecule has 0 spiro atoms. The van der Waals surface area contributed by atoms with Crippen LogP contribution in [-0.4, -0.2) is 29.1 Å². The van der Waals surface area contributed by atoms with Crippen LogP contribution in [0.3, 0.4) is 0 Å². The van der Waals surface area contributed by atoms with Gasteiger partial charge >= 0.3 is 0 Å². The van der Waals surface area contributed by atoms with Crippen LogP contribution in [0, 0.1) is 20.8 Å². The summed E-state index contributed by atoms with van der Waals surface area (Å²) in [6, 6.07) is 11.9. The maximum atomic E-state index is 5.93. The monoisotopic (exact) mass is 437 g/mol. The van der Waals surface area contributed by atoms with E-state index in [1.165, 1.54) is 59.3 Å². The number of thiocarbonyl (C=S) groups is 1. The fourth-order valence-corrected chi connectivity index (χ4v) is 5.08. The average molecular weight is 438 g/mol. The predicted octanol–water partition coefficient (Wildman–Crippen LogP) is 6.77. The van der Waals surface area contributed by atoms with Crippen LogP contribution in [0.25, 0.3) is 0 Å². The molecule has 1 aliphatic heterocycles. The van der Waals surface area contributed by atoms with E-state index in [0.717, 1.165) is 30.3 Å². The van der Waals surface area contributed by atoms with Crippen LogP contribution in [0.15, 0.2) is 30.3 Å². The second-order valence-corrected chi connectivity index (χ2v) is 9.53. The topological polar surface area (TPSA) is 18.5 Å². The van der Waals surface area contributed by atoms with Gasteiger partial charge in [-0.15, -0.1) is 0 Å². The van der Waals surface area contributed by atoms with E-state index >= 15 is 0 Å². The first-order valence-electron chi connectivity index (χ1n) is 11.9. The number of rotatable bonds is 7. The predicted molar refractivity (Wildman–Crippen MR) is 139 cm³/mol. The number of hydrogen-bond acceptors (Lipinski definition) is 2. The van der Waals surface area contributed by atoms with Crippen LogP contribution in [0.5, 0.6) is 0 Å². The van der Waals surface area contributed by atoms with E-state index < -0.39 is 0 Å². The number of nitrogens with zero attached hydrogens (tertiary/aromatic N) is 2. The molecule has 1 N–H and O–H groups in total. The lowest BCUT2D eigenvalue weighted by Gasteiger charge is -2.34. The molecule has 2 aromatic rings. The van der Waals surface area contributed by atoms with Crippen molar-refractivity contribution in [3.63, 3.8) is 0 Å². The normalized spacial score (nSPS) is 14.2. The third-order valence-electron chi connectivity index (χ3n) is 6.50. The van der Waals surface area contributed by atoms with Gasteiger partial charge in [-0.05, 0) is 93.9 Å². The Kier molecular flexibility index (Phi) is 7.99. The Labute approximate surface area is 194 Å². The van der Waals surface area contributed by atoms with Crippen LogP contribution in [0.1, 0.15) is 67.9 Å². The minimum atomic E-state index is 0.374. The molecule has 0 saturated carbocycles. The zero-order valence-corrected chi connectivity index (χ0v) is 21.0. The van der Waals surface area contributed by atoms with Crippen molar-refractivity contribution < 1.29 is 0 Å². The molecule has 0 fully saturated rings. The molecule has 1 atom stereocenters. The van der Waals surface area contributed by atoms with Gasteiger partial charge in [0, 0.05) is 37.1 Å². The summed E-state index contributed by atoms with van der Waals surface area (Å²) in [6.45, 7) is 16.4. The van der Waals surface area contributed by atoms with Gasteiger partial charge in [0.2, 0.25) is 0 Å². The quantitative estimate of drug-likeness (QED) is 0.481. The molecule has 0 unspecified atom stereocenters. The second-order valence-electron chi connectivity index (χ2n) is 9.14. The fraction of sp³-hybridized carbons (Fsp3) is 0.519. The molecular formula is C27H39N3S. The summed E-state index contributed by atoms with van der Waals surface area (Å²) in [7, 11) is 0. The maximum absolute atomic E-state index is 5.93. The molecule has 0 aliphatic carbocycles. The molecule has 0 aromatic heterocycles. The van der Waals surface area contributed by atoms with Crippen molar-refractivity contribution in [2.45, 2.75) is 79.8 Å². The average Bonchev–Trinajstić information content (AvgIpc) is 2.74. The summed E-state index contributed by atoms with van der Waals surface area (Å²) in [6.07, 6.45) is 4.68. The first-order chi connectivity index (χ1) is 14.8. The van der Waals surface area contributed by atoms with Crippen molar-refractivity contribution in [1.29, 1.82) is 0 Å². The minimum absolute atomic E-state index is 0.374. The van der Waals surface area contributed by atoms with Gasteiger partial charge in [0.25, 0.3) is 0 Å². The van der Waals surface area contributed by atoms with Gasteiger partial charge in [-0.2, -0.15) is 0 Å². The standard InChI is InChI=1S/C27H39N3S/c1-7-13-29-14-9-10-24-17-23(11-12-25(24)29)18-30(22(6)8-2)27(31)28-26-20(4)15-19(3)16-21(26)5/h11-12,15-17,22H,7-10,13-14,18H2,1-6H3,(H,28,31)/t22-/m1/s1. The first kappa shape index (κ1) is 23.6. The summed E-state index contributed by atoms with van der Waals surface area (Å²) >= 11 is 5.93. The SMILES string of the molecule is CCCN1CCCc2cc(CN(C(=S)Nc3c(C)cc(C)cc3C)[C@H](C)CC)ccc21. The van der Waals surface area contributed by atoms with Crippen molar-refractivity contribution in [3.8, 4) is 0 Å². The first-order valence-corrected chi connectivity index (χ1v) is 12.3. The van der Waals surface area contributed by atoms with Gasteiger partial charge in [-0.3, -0.25) is 0 Å². The van der Waals surface area contributed by atoms with Crippen LogP contribution < -0.4 is 10.2 Å². The van der Waals surface area contributed by atoms with Crippen LogP contribution in [0.2, 0.25) is 0 Å². The summed E-state index contributed by atoms with van der Waals surface area (Å²) in [5.41, 5.74) is 9.19. The molecule has 0 amide bonds.